The molecular formula is C13H16FN3OS. The second-order valence-electron chi connectivity index (χ2n) is 4.17. The molecule has 0 spiro atoms. The largest absolute Gasteiger partial charge is 0.397 e. The van der Waals surface area contributed by atoms with Gasteiger partial charge in [0.25, 0.3) is 5.91 Å². The van der Waals surface area contributed by atoms with E-state index in [1.165, 1.54) is 17.4 Å². The van der Waals surface area contributed by atoms with Gasteiger partial charge in [0.05, 0.1) is 11.1 Å². The third-order valence-corrected chi connectivity index (χ3v) is 3.97. The van der Waals surface area contributed by atoms with Crippen LogP contribution in [0.4, 0.5) is 10.1 Å². The third kappa shape index (κ3) is 2.85. The Hall–Kier alpha value is -1.66. The molecule has 2 aromatic rings. The Balaban J connectivity index is 2.18. The van der Waals surface area contributed by atoms with Crippen LogP contribution in [0.1, 0.15) is 16.1 Å². The van der Waals surface area contributed by atoms with E-state index in [1.807, 2.05) is 7.05 Å². The molecule has 4 nitrogen and oxygen atoms in total. The van der Waals surface area contributed by atoms with E-state index in [-0.39, 0.29) is 17.4 Å². The van der Waals surface area contributed by atoms with Gasteiger partial charge in [-0.15, -0.1) is 11.3 Å². The van der Waals surface area contributed by atoms with E-state index in [1.54, 1.807) is 12.1 Å². The Morgan fingerprint density at radius 3 is 2.89 bits per heavy atom. The van der Waals surface area contributed by atoms with Crippen molar-refractivity contribution in [2.45, 2.75) is 6.42 Å². The van der Waals surface area contributed by atoms with Crippen molar-refractivity contribution in [2.75, 3.05) is 25.9 Å². The lowest BCUT2D eigenvalue weighted by atomic mass is 10.2. The fraction of sp³-hybridized carbons (Fsp3) is 0.308. The minimum atomic E-state index is -0.388. The molecule has 0 atom stereocenters. The summed E-state index contributed by atoms with van der Waals surface area (Å²) in [6, 6.07) is 4.72. The first-order valence-corrected chi connectivity index (χ1v) is 6.86. The summed E-state index contributed by atoms with van der Waals surface area (Å²) in [7, 11) is 1.86. The topological polar surface area (TPSA) is 67.1 Å². The number of hydrogen-bond donors (Lipinski definition) is 3. The second-order valence-corrected chi connectivity index (χ2v) is 5.22. The monoisotopic (exact) mass is 281 g/mol. The molecule has 1 heterocycles. The smallest absolute Gasteiger partial charge is 0.263 e. The number of thiophene rings is 1. The number of anilines is 1. The van der Waals surface area contributed by atoms with Crippen molar-refractivity contribution in [1.82, 2.24) is 10.6 Å². The Bertz CT molecular complexity index is 597. The molecule has 19 heavy (non-hydrogen) atoms. The number of hydrogen-bond acceptors (Lipinski definition) is 4. The predicted octanol–water partition coefficient (Wildman–Crippen LogP) is 1.96. The number of nitrogens with two attached hydrogens (primary N) is 1. The molecule has 0 saturated heterocycles. The summed E-state index contributed by atoms with van der Waals surface area (Å²) >= 11 is 1.22. The highest BCUT2D eigenvalue weighted by molar-refractivity contribution is 7.21. The van der Waals surface area contributed by atoms with Crippen LogP contribution in [0, 0.1) is 5.82 Å². The summed E-state index contributed by atoms with van der Waals surface area (Å²) in [4.78, 5) is 12.4. The van der Waals surface area contributed by atoms with Gasteiger partial charge < -0.3 is 16.4 Å². The van der Waals surface area contributed by atoms with Gasteiger partial charge in [-0.05, 0) is 32.1 Å². The minimum absolute atomic E-state index is 0.226. The lowest BCUT2D eigenvalue weighted by molar-refractivity contribution is 0.0958. The number of benzene rings is 1. The number of nitrogens with one attached hydrogen (secondary N) is 2. The van der Waals surface area contributed by atoms with Crippen LogP contribution < -0.4 is 16.4 Å². The maximum absolute atomic E-state index is 13.7. The molecule has 0 radical (unpaired) electrons. The molecule has 0 aliphatic heterocycles. The van der Waals surface area contributed by atoms with Crippen LogP contribution in [0.5, 0.6) is 0 Å². The van der Waals surface area contributed by atoms with Gasteiger partial charge in [0.15, 0.2) is 0 Å². The quantitative estimate of drug-likeness (QED) is 0.734. The van der Waals surface area contributed by atoms with Crippen LogP contribution in [0.25, 0.3) is 10.1 Å². The second kappa shape index (κ2) is 5.99. The highest BCUT2D eigenvalue weighted by atomic mass is 32.1. The van der Waals surface area contributed by atoms with Gasteiger partial charge >= 0.3 is 0 Å². The maximum Gasteiger partial charge on any atom is 0.263 e. The highest BCUT2D eigenvalue weighted by Crippen LogP contribution is 2.35. The Labute approximate surface area is 114 Å². The first-order valence-electron chi connectivity index (χ1n) is 6.04. The van der Waals surface area contributed by atoms with Crippen molar-refractivity contribution >= 4 is 33.0 Å². The third-order valence-electron chi connectivity index (χ3n) is 2.80. The van der Waals surface area contributed by atoms with Crippen molar-refractivity contribution in [3.63, 3.8) is 0 Å². The van der Waals surface area contributed by atoms with E-state index in [0.717, 1.165) is 13.0 Å². The fourth-order valence-electron chi connectivity index (χ4n) is 1.85. The molecule has 2 rings (SSSR count). The number of halogens is 1. The molecule has 0 fully saturated rings. The van der Waals surface area contributed by atoms with E-state index >= 15 is 0 Å². The number of fused-ring (bicyclic) bond motifs is 1. The fourth-order valence-corrected chi connectivity index (χ4v) is 2.90. The lowest BCUT2D eigenvalue weighted by Crippen LogP contribution is -2.26. The van der Waals surface area contributed by atoms with Gasteiger partial charge in [0, 0.05) is 11.2 Å². The Kier molecular flexibility index (Phi) is 4.34. The standard InChI is InChI=1S/C13H16FN3OS/c1-16-6-3-7-17-13(18)12-11(15)10-8(14)4-2-5-9(10)19-12/h2,4-5,16H,3,6-7,15H2,1H3,(H,17,18). The van der Waals surface area contributed by atoms with E-state index in [0.29, 0.717) is 21.5 Å². The Morgan fingerprint density at radius 1 is 1.42 bits per heavy atom. The summed E-state index contributed by atoms with van der Waals surface area (Å²) < 4.78 is 14.4. The number of rotatable bonds is 5. The first-order chi connectivity index (χ1) is 9.15. The molecule has 0 bridgehead atoms. The van der Waals surface area contributed by atoms with E-state index in [4.69, 9.17) is 5.73 Å². The average molecular weight is 281 g/mol. The van der Waals surface area contributed by atoms with Gasteiger partial charge in [0.1, 0.15) is 10.7 Å². The summed E-state index contributed by atoms with van der Waals surface area (Å²) in [5.74, 6) is -0.630. The molecule has 6 heteroatoms. The zero-order chi connectivity index (χ0) is 13.8. The molecule has 0 aliphatic rings. The molecule has 0 saturated carbocycles. The average Bonchev–Trinajstić information content (AvgIpc) is 2.73. The zero-order valence-corrected chi connectivity index (χ0v) is 11.4. The minimum Gasteiger partial charge on any atom is -0.397 e. The number of amides is 1. The number of carbonyl (C=O) groups is 1. The number of carbonyl (C=O) groups excluding carboxylic acids is 1. The van der Waals surface area contributed by atoms with Crippen molar-refractivity contribution in [3.05, 3.63) is 28.9 Å². The predicted molar refractivity (Wildman–Crippen MR) is 77.1 cm³/mol. The summed E-state index contributed by atoms with van der Waals surface area (Å²) in [5, 5.41) is 6.12. The van der Waals surface area contributed by atoms with Crippen molar-refractivity contribution in [2.24, 2.45) is 0 Å². The van der Waals surface area contributed by atoms with Crippen LogP contribution in [-0.2, 0) is 0 Å². The van der Waals surface area contributed by atoms with Crippen LogP contribution in [-0.4, -0.2) is 26.0 Å². The molecule has 1 aromatic carbocycles. The maximum atomic E-state index is 13.7. The molecule has 1 aromatic heterocycles. The van der Waals surface area contributed by atoms with Gasteiger partial charge in [-0.25, -0.2) is 4.39 Å². The zero-order valence-electron chi connectivity index (χ0n) is 10.6. The molecular weight excluding hydrogens is 265 g/mol. The van der Waals surface area contributed by atoms with Gasteiger partial charge in [-0.1, -0.05) is 6.07 Å². The summed E-state index contributed by atoms with van der Waals surface area (Å²) in [5.41, 5.74) is 6.09. The van der Waals surface area contributed by atoms with Crippen LogP contribution >= 0.6 is 11.3 Å². The van der Waals surface area contributed by atoms with Crippen LogP contribution in [0.3, 0.4) is 0 Å². The van der Waals surface area contributed by atoms with Gasteiger partial charge in [-0.2, -0.15) is 0 Å². The summed E-state index contributed by atoms with van der Waals surface area (Å²) in [6.45, 7) is 1.40. The first kappa shape index (κ1) is 13.8. The SMILES string of the molecule is CNCCCNC(=O)c1sc2cccc(F)c2c1N. The highest BCUT2D eigenvalue weighted by Gasteiger charge is 2.18. The number of nitrogen functional groups attached to an aromatic ring is 1. The normalized spacial score (nSPS) is 10.8. The van der Waals surface area contributed by atoms with Crippen molar-refractivity contribution in [1.29, 1.82) is 0 Å². The van der Waals surface area contributed by atoms with E-state index in [9.17, 15) is 9.18 Å². The molecule has 1 amide bonds. The van der Waals surface area contributed by atoms with Crippen molar-refractivity contribution in [3.8, 4) is 0 Å². The molecule has 102 valence electrons. The lowest BCUT2D eigenvalue weighted by Gasteiger charge is -2.03. The molecule has 4 N–H and O–H groups in total. The molecule has 0 aliphatic carbocycles. The van der Waals surface area contributed by atoms with Crippen LogP contribution in [0.15, 0.2) is 18.2 Å². The Morgan fingerprint density at radius 2 is 2.21 bits per heavy atom. The van der Waals surface area contributed by atoms with E-state index < -0.39 is 0 Å². The van der Waals surface area contributed by atoms with E-state index in [2.05, 4.69) is 10.6 Å². The molecule has 0 unspecified atom stereocenters. The van der Waals surface area contributed by atoms with Gasteiger partial charge in [0.2, 0.25) is 0 Å². The van der Waals surface area contributed by atoms with Gasteiger partial charge in [-0.3, -0.25) is 4.79 Å². The van der Waals surface area contributed by atoms with Crippen molar-refractivity contribution < 1.29 is 9.18 Å². The van der Waals surface area contributed by atoms with Crippen LogP contribution in [0.2, 0.25) is 0 Å². The summed E-state index contributed by atoms with van der Waals surface area (Å²) in [6.07, 6.45) is 0.835.